The van der Waals surface area contributed by atoms with Gasteiger partial charge in [0.05, 0.1) is 13.7 Å². The largest absolute Gasteiger partial charge is 0.497 e. The second-order valence-electron chi connectivity index (χ2n) is 7.84. The molecular formula is C29H28ClNO2. The summed E-state index contributed by atoms with van der Waals surface area (Å²) in [5.74, 6) is 0.878. The van der Waals surface area contributed by atoms with Crippen LogP contribution < -0.4 is 10.1 Å². The van der Waals surface area contributed by atoms with Gasteiger partial charge >= 0.3 is 0 Å². The topological polar surface area (TPSA) is 30.5 Å². The van der Waals surface area contributed by atoms with Gasteiger partial charge in [-0.15, -0.1) is 0 Å². The Morgan fingerprint density at radius 1 is 0.758 bits per heavy atom. The molecule has 0 bridgehead atoms. The summed E-state index contributed by atoms with van der Waals surface area (Å²) >= 11 is 6.11. The molecule has 0 heterocycles. The smallest absolute Gasteiger partial charge is 0.118 e. The normalized spacial score (nSPS) is 11.7. The summed E-state index contributed by atoms with van der Waals surface area (Å²) in [5.41, 5.74) is 5.68. The number of halogens is 1. The number of methoxy groups -OCH3 is 1. The van der Waals surface area contributed by atoms with Crippen LogP contribution in [0.3, 0.4) is 0 Å². The molecule has 0 saturated heterocycles. The average molecular weight is 458 g/mol. The second kappa shape index (κ2) is 11.6. The molecule has 4 rings (SSSR count). The zero-order chi connectivity index (χ0) is 22.9. The third-order valence-corrected chi connectivity index (χ3v) is 5.84. The number of para-hydroxylation sites is 1. The van der Waals surface area contributed by atoms with Gasteiger partial charge in [-0.3, -0.25) is 0 Å². The van der Waals surface area contributed by atoms with Crippen LogP contribution in [0.1, 0.15) is 28.4 Å². The Bertz CT molecular complexity index is 1130. The molecule has 168 valence electrons. The van der Waals surface area contributed by atoms with Gasteiger partial charge in [0.2, 0.25) is 0 Å². The van der Waals surface area contributed by atoms with Crippen LogP contribution in [0.5, 0.6) is 5.75 Å². The van der Waals surface area contributed by atoms with Crippen LogP contribution in [0.2, 0.25) is 5.02 Å². The zero-order valence-corrected chi connectivity index (χ0v) is 19.5. The lowest BCUT2D eigenvalue weighted by Gasteiger charge is -2.20. The number of benzene rings is 4. The summed E-state index contributed by atoms with van der Waals surface area (Å²) in [6, 6.07) is 34.7. The molecule has 0 aliphatic carbocycles. The molecule has 4 heteroatoms. The molecule has 0 aliphatic heterocycles. The van der Waals surface area contributed by atoms with Gasteiger partial charge < -0.3 is 14.8 Å². The quantitative estimate of drug-likeness (QED) is 0.271. The van der Waals surface area contributed by atoms with E-state index in [0.29, 0.717) is 6.61 Å². The average Bonchev–Trinajstić information content (AvgIpc) is 2.87. The summed E-state index contributed by atoms with van der Waals surface area (Å²) in [6.07, 6.45) is 0.757. The first-order valence-corrected chi connectivity index (χ1v) is 11.5. The lowest BCUT2D eigenvalue weighted by atomic mass is 10.0. The number of rotatable bonds is 10. The van der Waals surface area contributed by atoms with E-state index in [1.54, 1.807) is 7.11 Å². The Balaban J connectivity index is 1.43. The van der Waals surface area contributed by atoms with E-state index >= 15 is 0 Å². The predicted octanol–water partition coefficient (Wildman–Crippen LogP) is 7.31. The minimum Gasteiger partial charge on any atom is -0.497 e. The van der Waals surface area contributed by atoms with Crippen LogP contribution >= 0.6 is 11.6 Å². The Hall–Kier alpha value is -3.27. The van der Waals surface area contributed by atoms with Crippen molar-refractivity contribution in [3.8, 4) is 5.75 Å². The first-order valence-electron chi connectivity index (χ1n) is 11.1. The van der Waals surface area contributed by atoms with E-state index in [0.717, 1.165) is 46.1 Å². The number of hydrogen-bond donors (Lipinski definition) is 1. The van der Waals surface area contributed by atoms with Crippen LogP contribution in [0.4, 0.5) is 5.69 Å². The molecule has 3 nitrogen and oxygen atoms in total. The summed E-state index contributed by atoms with van der Waals surface area (Å²) in [5, 5.41) is 4.29. The van der Waals surface area contributed by atoms with E-state index in [9.17, 15) is 0 Å². The van der Waals surface area contributed by atoms with E-state index in [1.165, 1.54) is 5.56 Å². The van der Waals surface area contributed by atoms with Crippen molar-refractivity contribution in [2.45, 2.75) is 19.1 Å². The molecule has 1 unspecified atom stereocenters. The Labute approximate surface area is 201 Å². The maximum absolute atomic E-state index is 6.47. The molecule has 0 radical (unpaired) electrons. The molecule has 4 aromatic carbocycles. The van der Waals surface area contributed by atoms with Gasteiger partial charge in [-0.1, -0.05) is 84.4 Å². The van der Waals surface area contributed by atoms with E-state index in [-0.39, 0.29) is 6.10 Å². The van der Waals surface area contributed by atoms with Crippen molar-refractivity contribution in [2.75, 3.05) is 19.0 Å². The number of nitrogens with one attached hydrogen (secondary N) is 1. The van der Waals surface area contributed by atoms with Crippen molar-refractivity contribution in [2.24, 2.45) is 0 Å². The molecule has 0 spiro atoms. The minimum absolute atomic E-state index is 0.171. The Morgan fingerprint density at radius 2 is 1.42 bits per heavy atom. The highest BCUT2D eigenvalue weighted by Gasteiger charge is 2.15. The maximum atomic E-state index is 6.47. The lowest BCUT2D eigenvalue weighted by molar-refractivity contribution is 0.0671. The number of hydrogen-bond acceptors (Lipinski definition) is 3. The van der Waals surface area contributed by atoms with Gasteiger partial charge in [-0.25, -0.2) is 0 Å². The molecule has 0 fully saturated rings. The third kappa shape index (κ3) is 6.38. The van der Waals surface area contributed by atoms with Gasteiger partial charge in [-0.2, -0.15) is 0 Å². The van der Waals surface area contributed by atoms with E-state index in [2.05, 4.69) is 41.7 Å². The Kier molecular flexibility index (Phi) is 8.02. The van der Waals surface area contributed by atoms with Crippen molar-refractivity contribution >= 4 is 17.3 Å². The molecule has 0 saturated carbocycles. The molecule has 0 aromatic heterocycles. The molecular weight excluding hydrogens is 430 g/mol. The fourth-order valence-corrected chi connectivity index (χ4v) is 3.90. The molecule has 33 heavy (non-hydrogen) atoms. The fraction of sp³-hybridized carbons (Fsp3) is 0.172. The van der Waals surface area contributed by atoms with Gasteiger partial charge in [0.1, 0.15) is 11.9 Å². The predicted molar refractivity (Wildman–Crippen MR) is 136 cm³/mol. The molecule has 4 aromatic rings. The third-order valence-electron chi connectivity index (χ3n) is 5.59. The van der Waals surface area contributed by atoms with E-state index in [4.69, 9.17) is 21.1 Å². The highest BCUT2D eigenvalue weighted by atomic mass is 35.5. The van der Waals surface area contributed by atoms with Crippen LogP contribution in [0, 0.1) is 0 Å². The molecule has 1 atom stereocenters. The minimum atomic E-state index is -0.171. The standard InChI is InChI=1S/C29H28ClNO2/c1-32-27-17-11-22(12-18-27)19-20-31-28-10-6-5-9-25(28)21-33-29(23-7-3-2-4-8-23)24-13-15-26(30)16-14-24/h2-18,29,31H,19-21H2,1H3. The fourth-order valence-electron chi connectivity index (χ4n) is 3.78. The summed E-state index contributed by atoms with van der Waals surface area (Å²) in [7, 11) is 1.69. The van der Waals surface area contributed by atoms with Crippen molar-refractivity contribution in [1.29, 1.82) is 0 Å². The Morgan fingerprint density at radius 3 is 2.15 bits per heavy atom. The molecule has 0 aliphatic rings. The summed E-state index contributed by atoms with van der Waals surface area (Å²) in [4.78, 5) is 0. The summed E-state index contributed by atoms with van der Waals surface area (Å²) in [6.45, 7) is 1.33. The molecule has 0 amide bonds. The second-order valence-corrected chi connectivity index (χ2v) is 8.27. The van der Waals surface area contributed by atoms with Gasteiger partial charge in [0.15, 0.2) is 0 Å². The first-order chi connectivity index (χ1) is 16.2. The van der Waals surface area contributed by atoms with Crippen molar-refractivity contribution in [3.05, 3.63) is 130 Å². The highest BCUT2D eigenvalue weighted by Crippen LogP contribution is 2.29. The van der Waals surface area contributed by atoms with E-state index < -0.39 is 0 Å². The highest BCUT2D eigenvalue weighted by molar-refractivity contribution is 6.30. The van der Waals surface area contributed by atoms with Crippen LogP contribution in [-0.4, -0.2) is 13.7 Å². The van der Waals surface area contributed by atoms with Crippen molar-refractivity contribution < 1.29 is 9.47 Å². The van der Waals surface area contributed by atoms with Crippen LogP contribution in [-0.2, 0) is 17.8 Å². The summed E-state index contributed by atoms with van der Waals surface area (Å²) < 4.78 is 11.7. The van der Waals surface area contributed by atoms with E-state index in [1.807, 2.05) is 66.7 Å². The lowest BCUT2D eigenvalue weighted by Crippen LogP contribution is -2.10. The molecule has 1 N–H and O–H groups in total. The number of ether oxygens (including phenoxy) is 2. The van der Waals surface area contributed by atoms with Gasteiger partial charge in [-0.05, 0) is 53.4 Å². The monoisotopic (exact) mass is 457 g/mol. The number of anilines is 1. The maximum Gasteiger partial charge on any atom is 0.118 e. The van der Waals surface area contributed by atoms with Crippen molar-refractivity contribution in [1.82, 2.24) is 0 Å². The zero-order valence-electron chi connectivity index (χ0n) is 18.7. The SMILES string of the molecule is COc1ccc(CCNc2ccccc2COC(c2ccccc2)c2ccc(Cl)cc2)cc1. The van der Waals surface area contributed by atoms with Crippen LogP contribution in [0.25, 0.3) is 0 Å². The van der Waals surface area contributed by atoms with Gasteiger partial charge in [0.25, 0.3) is 0 Å². The van der Waals surface area contributed by atoms with Crippen molar-refractivity contribution in [3.63, 3.8) is 0 Å². The van der Waals surface area contributed by atoms with Gasteiger partial charge in [0, 0.05) is 22.8 Å². The first kappa shape index (κ1) is 22.9. The van der Waals surface area contributed by atoms with Crippen LogP contribution in [0.15, 0.2) is 103 Å².